The molecular weight excluding hydrogens is 248 g/mol. The van der Waals surface area contributed by atoms with E-state index in [4.69, 9.17) is 0 Å². The fourth-order valence-electron chi connectivity index (χ4n) is 1.80. The van der Waals surface area contributed by atoms with Crippen molar-refractivity contribution < 1.29 is 0 Å². The Morgan fingerprint density at radius 1 is 0.850 bits per heavy atom. The molecule has 0 bridgehead atoms. The zero-order valence-electron chi connectivity index (χ0n) is 13.3. The van der Waals surface area contributed by atoms with E-state index in [1.165, 1.54) is 5.56 Å². The summed E-state index contributed by atoms with van der Waals surface area (Å²) in [5.41, 5.74) is 4.48. The summed E-state index contributed by atoms with van der Waals surface area (Å²) in [7, 11) is 0. The van der Waals surface area contributed by atoms with Gasteiger partial charge in [0.05, 0.1) is 0 Å². The van der Waals surface area contributed by atoms with Crippen LogP contribution in [0.15, 0.2) is 24.9 Å². The van der Waals surface area contributed by atoms with Gasteiger partial charge >= 0.3 is 0 Å². The third-order valence-electron chi connectivity index (χ3n) is 2.90. The summed E-state index contributed by atoms with van der Waals surface area (Å²) in [6.45, 7) is 12.5. The van der Waals surface area contributed by atoms with Crippen LogP contribution in [0.5, 0.6) is 0 Å². The lowest BCUT2D eigenvalue weighted by molar-refractivity contribution is 0.801. The fourth-order valence-corrected chi connectivity index (χ4v) is 1.80. The van der Waals surface area contributed by atoms with Gasteiger partial charge in [0, 0.05) is 23.3 Å². The first-order valence-corrected chi connectivity index (χ1v) is 6.96. The molecule has 0 spiro atoms. The number of rotatable bonds is 2. The quantitative estimate of drug-likeness (QED) is 0.834. The second-order valence-electron chi connectivity index (χ2n) is 5.48. The van der Waals surface area contributed by atoms with E-state index in [2.05, 4.69) is 47.6 Å². The molecule has 0 amide bonds. The highest BCUT2D eigenvalue weighted by atomic mass is 14.8. The summed E-state index contributed by atoms with van der Waals surface area (Å²) in [5.74, 6) is 1.00. The van der Waals surface area contributed by atoms with E-state index in [-0.39, 0.29) is 0 Å². The van der Waals surface area contributed by atoms with Crippen molar-refractivity contribution in [3.05, 3.63) is 47.6 Å². The Morgan fingerprint density at radius 2 is 1.55 bits per heavy atom. The molecule has 0 saturated heterocycles. The normalized spacial score (nSPS) is 10.4. The number of nitrogens with zero attached hydrogens (tertiary/aromatic N) is 4. The number of aryl methyl sites for hydroxylation is 2. The molecule has 0 N–H and O–H groups in total. The van der Waals surface area contributed by atoms with Gasteiger partial charge in [-0.05, 0) is 37.3 Å². The zero-order valence-corrected chi connectivity index (χ0v) is 13.3. The Kier molecular flexibility index (Phi) is 6.22. The summed E-state index contributed by atoms with van der Waals surface area (Å²) >= 11 is 0. The topological polar surface area (TPSA) is 51.6 Å². The minimum atomic E-state index is 0.502. The molecule has 4 nitrogen and oxygen atoms in total. The van der Waals surface area contributed by atoms with Crippen LogP contribution in [0.25, 0.3) is 0 Å². The highest BCUT2D eigenvalue weighted by Crippen LogP contribution is 2.13. The van der Waals surface area contributed by atoms with Crippen molar-refractivity contribution in [3.8, 4) is 0 Å². The summed E-state index contributed by atoms with van der Waals surface area (Å²) in [5, 5.41) is 0. The van der Waals surface area contributed by atoms with E-state index in [1.54, 1.807) is 12.7 Å². The third kappa shape index (κ3) is 5.03. The Bertz CT molecular complexity index is 536. The number of hydrogen-bond acceptors (Lipinski definition) is 4. The van der Waals surface area contributed by atoms with E-state index >= 15 is 0 Å². The molecule has 0 aliphatic heterocycles. The van der Waals surface area contributed by atoms with Crippen molar-refractivity contribution in [2.24, 2.45) is 0 Å². The van der Waals surface area contributed by atoms with Crippen LogP contribution in [-0.4, -0.2) is 19.9 Å². The molecule has 0 aliphatic rings. The average Bonchev–Trinajstić information content (AvgIpc) is 2.39. The maximum Gasteiger partial charge on any atom is 0.115 e. The summed E-state index contributed by atoms with van der Waals surface area (Å²) in [6, 6.07) is 2.02. The second-order valence-corrected chi connectivity index (χ2v) is 5.48. The van der Waals surface area contributed by atoms with Gasteiger partial charge in [0.15, 0.2) is 0 Å². The van der Waals surface area contributed by atoms with Crippen LogP contribution >= 0.6 is 0 Å². The van der Waals surface area contributed by atoms with Crippen molar-refractivity contribution in [3.63, 3.8) is 0 Å². The van der Waals surface area contributed by atoms with Gasteiger partial charge in [-0.15, -0.1) is 0 Å². The smallest absolute Gasteiger partial charge is 0.115 e. The summed E-state index contributed by atoms with van der Waals surface area (Å²) in [4.78, 5) is 16.2. The van der Waals surface area contributed by atoms with E-state index in [0.29, 0.717) is 11.8 Å². The molecule has 2 heterocycles. The van der Waals surface area contributed by atoms with Crippen LogP contribution in [0.1, 0.15) is 62.2 Å². The maximum atomic E-state index is 4.17. The van der Waals surface area contributed by atoms with Crippen molar-refractivity contribution in [2.75, 3.05) is 0 Å². The second kappa shape index (κ2) is 7.68. The lowest BCUT2D eigenvalue weighted by atomic mass is 10.1. The van der Waals surface area contributed by atoms with E-state index < -0.39 is 0 Å². The first kappa shape index (κ1) is 16.2. The fraction of sp³-hybridized carbons (Fsp3) is 0.500. The first-order valence-electron chi connectivity index (χ1n) is 6.96. The molecule has 108 valence electrons. The average molecular weight is 272 g/mol. The monoisotopic (exact) mass is 272 g/mol. The summed E-state index contributed by atoms with van der Waals surface area (Å²) in [6.07, 6.45) is 5.06. The van der Waals surface area contributed by atoms with Crippen molar-refractivity contribution >= 4 is 0 Å². The predicted octanol–water partition coefficient (Wildman–Crippen LogP) is 3.82. The van der Waals surface area contributed by atoms with Gasteiger partial charge in [-0.2, -0.15) is 0 Å². The molecule has 4 heteroatoms. The van der Waals surface area contributed by atoms with E-state index in [0.717, 1.165) is 17.1 Å². The van der Waals surface area contributed by atoms with Crippen molar-refractivity contribution in [1.82, 2.24) is 19.9 Å². The van der Waals surface area contributed by atoms with E-state index in [1.807, 2.05) is 26.1 Å². The summed E-state index contributed by atoms with van der Waals surface area (Å²) < 4.78 is 0. The number of aromatic nitrogens is 4. The van der Waals surface area contributed by atoms with Crippen LogP contribution in [0.3, 0.4) is 0 Å². The van der Waals surface area contributed by atoms with Crippen LogP contribution in [0.4, 0.5) is 0 Å². The highest BCUT2D eigenvalue weighted by molar-refractivity contribution is 5.16. The van der Waals surface area contributed by atoms with Gasteiger partial charge in [0.1, 0.15) is 12.7 Å². The lowest BCUT2D eigenvalue weighted by Crippen LogP contribution is -1.96. The van der Waals surface area contributed by atoms with Gasteiger partial charge in [-0.25, -0.2) is 19.9 Å². The predicted molar refractivity (Wildman–Crippen MR) is 81.7 cm³/mol. The molecule has 0 radical (unpaired) electrons. The Hall–Kier alpha value is -1.84. The third-order valence-corrected chi connectivity index (χ3v) is 2.90. The first-order chi connectivity index (χ1) is 9.41. The standard InChI is InChI=1S/2C8H12N2/c1-6(2)8-7(3)4-9-5-10-8;1-6(2)8-4-7(3)9-5-10-8/h2*4-6H,1-3H3. The Balaban J connectivity index is 0.000000200. The lowest BCUT2D eigenvalue weighted by Gasteiger charge is -2.05. The molecule has 20 heavy (non-hydrogen) atoms. The molecule has 0 atom stereocenters. The van der Waals surface area contributed by atoms with Gasteiger partial charge < -0.3 is 0 Å². The minimum absolute atomic E-state index is 0.502. The van der Waals surface area contributed by atoms with Crippen molar-refractivity contribution in [2.45, 2.75) is 53.4 Å². The molecule has 2 aromatic rings. The molecular formula is C16H24N4. The minimum Gasteiger partial charge on any atom is -0.245 e. The molecule has 0 unspecified atom stereocenters. The number of hydrogen-bond donors (Lipinski definition) is 0. The molecule has 0 aliphatic carbocycles. The molecule has 2 rings (SSSR count). The zero-order chi connectivity index (χ0) is 15.1. The molecule has 0 saturated carbocycles. The van der Waals surface area contributed by atoms with Crippen LogP contribution < -0.4 is 0 Å². The Morgan fingerprint density at radius 3 is 1.95 bits per heavy atom. The van der Waals surface area contributed by atoms with Gasteiger partial charge in [-0.1, -0.05) is 27.7 Å². The van der Waals surface area contributed by atoms with Gasteiger partial charge in [0.2, 0.25) is 0 Å². The van der Waals surface area contributed by atoms with Crippen molar-refractivity contribution in [1.29, 1.82) is 0 Å². The largest absolute Gasteiger partial charge is 0.245 e. The SMILES string of the molecule is Cc1cc(C(C)C)ncn1.Cc1cncnc1C(C)C. The molecule has 0 fully saturated rings. The molecule has 2 aromatic heterocycles. The highest BCUT2D eigenvalue weighted by Gasteiger charge is 2.02. The molecule has 0 aromatic carbocycles. The van der Waals surface area contributed by atoms with Crippen LogP contribution in [0, 0.1) is 13.8 Å². The van der Waals surface area contributed by atoms with Crippen LogP contribution in [0.2, 0.25) is 0 Å². The Labute approximate surface area is 121 Å². The van der Waals surface area contributed by atoms with Gasteiger partial charge in [0.25, 0.3) is 0 Å². The van der Waals surface area contributed by atoms with Gasteiger partial charge in [-0.3, -0.25) is 0 Å². The maximum absolute atomic E-state index is 4.17. The van der Waals surface area contributed by atoms with Crippen LogP contribution in [-0.2, 0) is 0 Å². The van der Waals surface area contributed by atoms with E-state index in [9.17, 15) is 0 Å².